The van der Waals surface area contributed by atoms with Crippen molar-refractivity contribution in [2.24, 2.45) is 0 Å². The Morgan fingerprint density at radius 3 is 0.792 bits per heavy atom. The first kappa shape index (κ1) is 61.4. The Morgan fingerprint density at radius 1 is 0.179 bits per heavy atom. The average Bonchev–Trinajstić information content (AvgIpc) is 1.56. The molecule has 21 rings (SSSR count). The summed E-state index contributed by atoms with van der Waals surface area (Å²) in [6.07, 6.45) is 0. The summed E-state index contributed by atoms with van der Waals surface area (Å²) < 4.78 is 18.0. The Bertz CT molecular complexity index is 6830. The quantitative estimate of drug-likeness (QED) is 0.126. The van der Waals surface area contributed by atoms with E-state index in [0.717, 1.165) is 165 Å². The van der Waals surface area contributed by atoms with Gasteiger partial charge in [0.25, 0.3) is 0 Å². The summed E-state index contributed by atoms with van der Waals surface area (Å²) in [5.74, 6) is 3.41. The molecule has 0 radical (unpaired) electrons. The van der Waals surface area contributed by atoms with E-state index in [0.29, 0.717) is 35.2 Å². The Balaban J connectivity index is 0.000000141. The van der Waals surface area contributed by atoms with E-state index in [2.05, 4.69) is 252 Å². The van der Waals surface area contributed by atoms with Crippen LogP contribution in [-0.2, 0) is 0 Å². The normalized spacial score (nSPS) is 11.6. The van der Waals surface area contributed by atoms with E-state index in [1.54, 1.807) is 0 Å². The van der Waals surface area contributed by atoms with Crippen LogP contribution in [0, 0.1) is 0 Å². The van der Waals surface area contributed by atoms with Crippen LogP contribution in [0.5, 0.6) is 0 Å². The lowest BCUT2D eigenvalue weighted by atomic mass is 9.95. The van der Waals surface area contributed by atoms with Crippen LogP contribution < -0.4 is 0 Å². The van der Waals surface area contributed by atoms with E-state index in [1.807, 2.05) is 121 Å². The van der Waals surface area contributed by atoms with Crippen molar-refractivity contribution in [2.75, 3.05) is 0 Å². The van der Waals surface area contributed by atoms with E-state index >= 15 is 0 Å². The highest BCUT2D eigenvalue weighted by Crippen LogP contribution is 2.48. The zero-order chi connectivity index (χ0) is 70.0. The number of benzene rings is 15. The molecule has 0 saturated carbocycles. The standard InChI is InChI=1S/C51H32N4O.C45H28N4O/c1-5-15-33(16-6-1)35-25-27-38(28-26-35)50-52-49(37-21-11-4-12-22-37)53-51(54-50)55-46-43(36-19-9-3-10-20-36)31-39(34-17-7-2-8-18-34)32-44(46)41-29-30-42-40-23-13-14-24-45(40)56-48(42)47(41)55;1-5-15-29(16-6-1)33-27-37(30-17-7-2-8-18-30)40-38(28-33)35-25-26-36-34-23-13-14-24-39(34)50-42(36)41(35)49(40)45-47-43(31-19-9-3-10-20-31)46-44(48-45)32-21-11-4-12-22-32/h1-32H;1-28H. The molecule has 0 saturated heterocycles. The van der Waals surface area contributed by atoms with Crippen LogP contribution >= 0.6 is 0 Å². The molecule has 0 atom stereocenters. The van der Waals surface area contributed by atoms with Gasteiger partial charge in [0.15, 0.2) is 34.5 Å². The number of rotatable bonds is 11. The van der Waals surface area contributed by atoms with Gasteiger partial charge in [0, 0.05) is 76.5 Å². The van der Waals surface area contributed by atoms with E-state index in [9.17, 15) is 0 Å². The van der Waals surface area contributed by atoms with Crippen molar-refractivity contribution in [3.63, 3.8) is 0 Å². The molecule has 0 fully saturated rings. The fourth-order valence-electron chi connectivity index (χ4n) is 15.1. The van der Waals surface area contributed by atoms with Crippen molar-refractivity contribution < 1.29 is 8.83 Å². The van der Waals surface area contributed by atoms with E-state index in [-0.39, 0.29) is 0 Å². The summed E-state index contributed by atoms with van der Waals surface area (Å²) in [4.78, 5) is 31.3. The molecule has 496 valence electrons. The van der Waals surface area contributed by atoms with Gasteiger partial charge in [0.05, 0.1) is 11.0 Å². The van der Waals surface area contributed by atoms with Gasteiger partial charge in [-0.2, -0.15) is 19.9 Å². The third-order valence-corrected chi connectivity index (χ3v) is 20.1. The minimum Gasteiger partial charge on any atom is -0.454 e. The van der Waals surface area contributed by atoms with Crippen molar-refractivity contribution in [1.29, 1.82) is 0 Å². The van der Waals surface area contributed by atoms with E-state index < -0.39 is 0 Å². The highest BCUT2D eigenvalue weighted by Gasteiger charge is 2.28. The molecule has 0 aliphatic heterocycles. The minimum atomic E-state index is 0.513. The van der Waals surface area contributed by atoms with Crippen molar-refractivity contribution >= 4 is 87.5 Å². The zero-order valence-electron chi connectivity index (χ0n) is 57.0. The molecule has 0 bridgehead atoms. The van der Waals surface area contributed by atoms with Crippen LogP contribution in [0.4, 0.5) is 0 Å². The molecule has 0 N–H and O–H groups in total. The molecule has 10 heteroatoms. The largest absolute Gasteiger partial charge is 0.454 e. The second-order valence-electron chi connectivity index (χ2n) is 26.5. The second-order valence-corrected chi connectivity index (χ2v) is 26.5. The van der Waals surface area contributed by atoms with E-state index in [1.165, 1.54) is 0 Å². The predicted octanol–water partition coefficient (Wildman–Crippen LogP) is 24.7. The summed E-state index contributed by atoms with van der Waals surface area (Å²) in [7, 11) is 0. The Morgan fingerprint density at radius 2 is 0.443 bits per heavy atom. The molecule has 106 heavy (non-hydrogen) atoms. The Labute approximate surface area is 608 Å². The summed E-state index contributed by atoms with van der Waals surface area (Å²) in [5.41, 5.74) is 21.9. The molecule has 10 nitrogen and oxygen atoms in total. The summed E-state index contributed by atoms with van der Waals surface area (Å²) in [5, 5.41) is 8.50. The topological polar surface area (TPSA) is 113 Å². The average molecular weight is 1360 g/mol. The maximum atomic E-state index is 6.81. The smallest absolute Gasteiger partial charge is 0.238 e. The van der Waals surface area contributed by atoms with Gasteiger partial charge < -0.3 is 8.83 Å². The SMILES string of the molecule is c1ccc(-c2cc(-c3ccccc3)c3c(c2)c2ccc4c5ccccc5oc4c2n3-c2nc(-c3ccccc3)nc(-c3ccccc3)n2)cc1.c1ccc(-c2ccc(-c3nc(-c4ccccc4)nc(-n4c5c(-c6ccccc6)cc(-c6ccccc6)cc5c5ccc6c7ccccc7oc6c54)n3)cc2)cc1. The molecule has 0 aliphatic carbocycles. The van der Waals surface area contributed by atoms with Gasteiger partial charge in [-0.15, -0.1) is 0 Å². The van der Waals surface area contributed by atoms with Crippen LogP contribution in [0.15, 0.2) is 373 Å². The fraction of sp³-hybridized carbons (Fsp3) is 0. The lowest BCUT2D eigenvalue weighted by Crippen LogP contribution is -2.07. The lowest BCUT2D eigenvalue weighted by Gasteiger charge is -2.14. The molecule has 0 amide bonds. The molecule has 6 heterocycles. The molecule has 0 spiro atoms. The highest BCUT2D eigenvalue weighted by molar-refractivity contribution is 6.25. The summed E-state index contributed by atoms with van der Waals surface area (Å²) in [6, 6.07) is 126. The number of hydrogen-bond donors (Lipinski definition) is 0. The van der Waals surface area contributed by atoms with Gasteiger partial charge in [0.2, 0.25) is 11.9 Å². The van der Waals surface area contributed by atoms with Crippen LogP contribution in [0.3, 0.4) is 0 Å². The first-order valence-corrected chi connectivity index (χ1v) is 35.5. The van der Waals surface area contributed by atoms with Crippen molar-refractivity contribution in [3.05, 3.63) is 364 Å². The van der Waals surface area contributed by atoms with Gasteiger partial charge in [-0.25, -0.2) is 9.97 Å². The molecule has 0 unspecified atom stereocenters. The maximum absolute atomic E-state index is 6.81. The molecule has 0 aliphatic rings. The first-order valence-electron chi connectivity index (χ1n) is 35.5. The summed E-state index contributed by atoms with van der Waals surface area (Å²) >= 11 is 0. The van der Waals surface area contributed by atoms with Gasteiger partial charge in [0.1, 0.15) is 22.2 Å². The van der Waals surface area contributed by atoms with Crippen LogP contribution in [0.25, 0.3) is 201 Å². The first-order chi connectivity index (χ1) is 52.6. The van der Waals surface area contributed by atoms with Crippen LogP contribution in [-0.4, -0.2) is 39.0 Å². The third kappa shape index (κ3) is 10.7. The van der Waals surface area contributed by atoms with E-state index in [4.69, 9.17) is 38.7 Å². The molecule has 6 aromatic heterocycles. The highest BCUT2D eigenvalue weighted by atomic mass is 16.3. The maximum Gasteiger partial charge on any atom is 0.238 e. The lowest BCUT2D eigenvalue weighted by molar-refractivity contribution is 0.670. The third-order valence-electron chi connectivity index (χ3n) is 20.1. The zero-order valence-corrected chi connectivity index (χ0v) is 57.0. The number of nitrogens with zero attached hydrogens (tertiary/aromatic N) is 8. The van der Waals surface area contributed by atoms with Gasteiger partial charge in [-0.3, -0.25) is 9.13 Å². The monoisotopic (exact) mass is 1360 g/mol. The van der Waals surface area contributed by atoms with Gasteiger partial charge in [-0.1, -0.05) is 315 Å². The van der Waals surface area contributed by atoms with Gasteiger partial charge >= 0.3 is 0 Å². The number of furan rings is 2. The number of hydrogen-bond acceptors (Lipinski definition) is 8. The Hall–Kier alpha value is -14.5. The van der Waals surface area contributed by atoms with Crippen LogP contribution in [0.1, 0.15) is 0 Å². The van der Waals surface area contributed by atoms with Gasteiger partial charge in [-0.05, 0) is 93.0 Å². The number of aromatic nitrogens is 8. The number of para-hydroxylation sites is 2. The number of fused-ring (bicyclic) bond motifs is 14. The Kier molecular flexibility index (Phi) is 15.0. The minimum absolute atomic E-state index is 0.513. The predicted molar refractivity (Wildman–Crippen MR) is 432 cm³/mol. The summed E-state index contributed by atoms with van der Waals surface area (Å²) in [6.45, 7) is 0. The molecule has 21 aromatic rings. The molecule has 15 aromatic carbocycles. The molecular formula is C96H60N8O2. The van der Waals surface area contributed by atoms with Crippen molar-refractivity contribution in [2.45, 2.75) is 0 Å². The second kappa shape index (κ2) is 25.8. The van der Waals surface area contributed by atoms with Crippen molar-refractivity contribution in [1.82, 2.24) is 39.0 Å². The van der Waals surface area contributed by atoms with Crippen molar-refractivity contribution in [3.8, 4) is 113 Å². The van der Waals surface area contributed by atoms with Crippen LogP contribution in [0.2, 0.25) is 0 Å². The fourth-order valence-corrected chi connectivity index (χ4v) is 15.1. The molecular weight excluding hydrogens is 1300 g/mol.